The normalized spacial score (nSPS) is 16.0. The number of methoxy groups -OCH3 is 1. The number of halogens is 3. The number of anilines is 1. The lowest BCUT2D eigenvalue weighted by atomic mass is 10.1. The van der Waals surface area contributed by atoms with Crippen LogP contribution in [0.5, 0.6) is 0 Å². The van der Waals surface area contributed by atoms with Gasteiger partial charge in [-0.15, -0.1) is 0 Å². The number of benzene rings is 2. The number of urea groups is 1. The Labute approximate surface area is 171 Å². The summed E-state index contributed by atoms with van der Waals surface area (Å²) in [5, 5.41) is 9.56. The second-order valence-electron chi connectivity index (χ2n) is 6.65. The SMILES string of the molecule is COC(=O)c1ccc(CN(C(=O)N2CCC(O)C2)c2ccc(F)c(Cl)c2)c(F)c1. The summed E-state index contributed by atoms with van der Waals surface area (Å²) in [5.41, 5.74) is 0.463. The monoisotopic (exact) mass is 424 g/mol. The molecule has 6 nitrogen and oxygen atoms in total. The lowest BCUT2D eigenvalue weighted by Gasteiger charge is -2.28. The average molecular weight is 425 g/mol. The summed E-state index contributed by atoms with van der Waals surface area (Å²) >= 11 is 5.86. The molecular weight excluding hydrogens is 406 g/mol. The van der Waals surface area contributed by atoms with E-state index in [1.54, 1.807) is 0 Å². The molecule has 0 spiro atoms. The standard InChI is InChI=1S/C20H19ClF2N2O4/c1-29-19(27)12-2-3-13(18(23)8-12)10-25(14-4-5-17(22)16(21)9-14)20(28)24-7-6-15(26)11-24/h2-5,8-9,15,26H,6-7,10-11H2,1H3. The molecular formula is C20H19ClF2N2O4. The van der Waals surface area contributed by atoms with Crippen molar-refractivity contribution in [2.45, 2.75) is 19.1 Å². The van der Waals surface area contributed by atoms with Crippen LogP contribution >= 0.6 is 11.6 Å². The number of aliphatic hydroxyl groups excluding tert-OH is 1. The van der Waals surface area contributed by atoms with E-state index in [2.05, 4.69) is 4.74 Å². The zero-order chi connectivity index (χ0) is 21.1. The van der Waals surface area contributed by atoms with Gasteiger partial charge in [0.1, 0.15) is 11.6 Å². The van der Waals surface area contributed by atoms with Crippen LogP contribution in [0.2, 0.25) is 5.02 Å². The minimum atomic E-state index is -0.694. The molecule has 1 aliphatic heterocycles. The number of hydrogen-bond donors (Lipinski definition) is 1. The van der Waals surface area contributed by atoms with E-state index in [1.165, 1.54) is 41.2 Å². The highest BCUT2D eigenvalue weighted by molar-refractivity contribution is 6.31. The van der Waals surface area contributed by atoms with E-state index in [1.807, 2.05) is 0 Å². The number of carbonyl (C=O) groups is 2. The van der Waals surface area contributed by atoms with Crippen LogP contribution in [-0.2, 0) is 11.3 Å². The van der Waals surface area contributed by atoms with Gasteiger partial charge in [0.05, 0.1) is 30.3 Å². The minimum Gasteiger partial charge on any atom is -0.465 e. The molecule has 1 unspecified atom stereocenters. The third kappa shape index (κ3) is 4.65. The van der Waals surface area contributed by atoms with Gasteiger partial charge in [-0.05, 0) is 36.8 Å². The summed E-state index contributed by atoms with van der Waals surface area (Å²) in [6.07, 6.45) is -0.194. The van der Waals surface area contributed by atoms with E-state index in [0.717, 1.165) is 12.1 Å². The van der Waals surface area contributed by atoms with Crippen LogP contribution in [0.3, 0.4) is 0 Å². The van der Waals surface area contributed by atoms with Crippen LogP contribution < -0.4 is 4.90 Å². The van der Waals surface area contributed by atoms with Gasteiger partial charge < -0.3 is 14.7 Å². The lowest BCUT2D eigenvalue weighted by molar-refractivity contribution is 0.0600. The van der Waals surface area contributed by atoms with E-state index in [4.69, 9.17) is 11.6 Å². The van der Waals surface area contributed by atoms with Crippen molar-refractivity contribution in [1.82, 2.24) is 4.90 Å². The van der Waals surface area contributed by atoms with Crippen molar-refractivity contribution in [2.24, 2.45) is 0 Å². The van der Waals surface area contributed by atoms with Gasteiger partial charge in [0.15, 0.2) is 0 Å². The fourth-order valence-corrected chi connectivity index (χ4v) is 3.27. The molecule has 1 aliphatic rings. The van der Waals surface area contributed by atoms with Gasteiger partial charge in [0, 0.05) is 24.3 Å². The number of likely N-dealkylation sites (tertiary alicyclic amines) is 1. The van der Waals surface area contributed by atoms with Gasteiger partial charge in [-0.1, -0.05) is 17.7 Å². The van der Waals surface area contributed by atoms with Gasteiger partial charge in [0.25, 0.3) is 0 Å². The highest BCUT2D eigenvalue weighted by Gasteiger charge is 2.30. The number of aliphatic hydroxyl groups is 1. The van der Waals surface area contributed by atoms with Crippen LogP contribution in [0.15, 0.2) is 36.4 Å². The average Bonchev–Trinajstić information content (AvgIpc) is 3.14. The van der Waals surface area contributed by atoms with Crippen LogP contribution in [-0.4, -0.2) is 48.3 Å². The Hall–Kier alpha value is -2.71. The smallest absolute Gasteiger partial charge is 0.337 e. The first-order valence-corrected chi connectivity index (χ1v) is 9.24. The van der Waals surface area contributed by atoms with Gasteiger partial charge in [0.2, 0.25) is 0 Å². The molecule has 154 valence electrons. The lowest BCUT2D eigenvalue weighted by Crippen LogP contribution is -2.42. The molecule has 2 amide bonds. The molecule has 1 heterocycles. The highest BCUT2D eigenvalue weighted by atomic mass is 35.5. The summed E-state index contributed by atoms with van der Waals surface area (Å²) in [5.74, 6) is -2.02. The van der Waals surface area contributed by atoms with Gasteiger partial charge in [-0.2, -0.15) is 0 Å². The molecule has 0 aromatic heterocycles. The molecule has 2 aromatic carbocycles. The second-order valence-corrected chi connectivity index (χ2v) is 7.06. The number of hydrogen-bond acceptors (Lipinski definition) is 4. The number of ether oxygens (including phenoxy) is 1. The second kappa shape index (κ2) is 8.75. The third-order valence-electron chi connectivity index (χ3n) is 4.68. The van der Waals surface area contributed by atoms with Gasteiger partial charge in [-0.25, -0.2) is 18.4 Å². The minimum absolute atomic E-state index is 0.0409. The summed E-state index contributed by atoms with van der Waals surface area (Å²) in [4.78, 5) is 27.3. The van der Waals surface area contributed by atoms with Gasteiger partial charge >= 0.3 is 12.0 Å². The quantitative estimate of drug-likeness (QED) is 0.761. The first-order chi connectivity index (χ1) is 13.8. The predicted molar refractivity (Wildman–Crippen MR) is 103 cm³/mol. The highest BCUT2D eigenvalue weighted by Crippen LogP contribution is 2.27. The van der Waals surface area contributed by atoms with E-state index >= 15 is 0 Å². The van der Waals surface area contributed by atoms with E-state index in [0.29, 0.717) is 13.0 Å². The van der Waals surface area contributed by atoms with Crippen LogP contribution in [0.4, 0.5) is 19.3 Å². The largest absolute Gasteiger partial charge is 0.465 e. The van der Waals surface area contributed by atoms with Crippen molar-refractivity contribution in [3.8, 4) is 0 Å². The predicted octanol–water partition coefficient (Wildman–Crippen LogP) is 3.60. The topological polar surface area (TPSA) is 70.1 Å². The third-order valence-corrected chi connectivity index (χ3v) is 4.97. The number of rotatable bonds is 4. The number of carbonyl (C=O) groups excluding carboxylic acids is 2. The molecule has 0 radical (unpaired) electrons. The zero-order valence-electron chi connectivity index (χ0n) is 15.6. The van der Waals surface area contributed by atoms with Crippen LogP contribution in [0, 0.1) is 11.6 Å². The van der Waals surface area contributed by atoms with Crippen molar-refractivity contribution in [2.75, 3.05) is 25.1 Å². The zero-order valence-corrected chi connectivity index (χ0v) is 16.3. The maximum atomic E-state index is 14.6. The number of β-amino-alcohol motifs (C(OH)–C–C–N with tert-alkyl or cyclic N) is 1. The Bertz CT molecular complexity index is 941. The van der Waals surface area contributed by atoms with Crippen molar-refractivity contribution < 1.29 is 28.2 Å². The molecule has 1 atom stereocenters. The Morgan fingerprint density at radius 3 is 2.59 bits per heavy atom. The first kappa shape index (κ1) is 21.0. The fraction of sp³-hybridized carbons (Fsp3) is 0.300. The van der Waals surface area contributed by atoms with Crippen molar-refractivity contribution in [1.29, 1.82) is 0 Å². The summed E-state index contributed by atoms with van der Waals surface area (Å²) in [6, 6.07) is 7.10. The van der Waals surface area contributed by atoms with E-state index in [-0.39, 0.29) is 34.9 Å². The Morgan fingerprint density at radius 1 is 1.24 bits per heavy atom. The summed E-state index contributed by atoms with van der Waals surface area (Å²) in [6.45, 7) is 0.309. The molecule has 0 aliphatic carbocycles. The molecule has 1 saturated heterocycles. The summed E-state index contributed by atoms with van der Waals surface area (Å²) in [7, 11) is 1.19. The van der Waals surface area contributed by atoms with Gasteiger partial charge in [-0.3, -0.25) is 4.90 Å². The van der Waals surface area contributed by atoms with E-state index in [9.17, 15) is 23.5 Å². The number of esters is 1. The number of nitrogens with zero attached hydrogens (tertiary/aromatic N) is 2. The number of amides is 2. The van der Waals surface area contributed by atoms with Crippen LogP contribution in [0.1, 0.15) is 22.3 Å². The van der Waals surface area contributed by atoms with E-state index < -0.39 is 29.7 Å². The summed E-state index contributed by atoms with van der Waals surface area (Å²) < 4.78 is 32.7. The fourth-order valence-electron chi connectivity index (χ4n) is 3.10. The molecule has 29 heavy (non-hydrogen) atoms. The van der Waals surface area contributed by atoms with Crippen molar-refractivity contribution >= 4 is 29.3 Å². The van der Waals surface area contributed by atoms with Crippen molar-refractivity contribution in [3.05, 3.63) is 64.2 Å². The Morgan fingerprint density at radius 2 is 2.00 bits per heavy atom. The molecule has 1 N–H and O–H groups in total. The first-order valence-electron chi connectivity index (χ1n) is 8.86. The molecule has 1 fully saturated rings. The molecule has 0 bridgehead atoms. The molecule has 9 heteroatoms. The maximum Gasteiger partial charge on any atom is 0.337 e. The Balaban J connectivity index is 1.93. The molecule has 3 rings (SSSR count). The molecule has 0 saturated carbocycles. The Kier molecular flexibility index (Phi) is 6.34. The maximum absolute atomic E-state index is 14.6. The van der Waals surface area contributed by atoms with Crippen molar-refractivity contribution in [3.63, 3.8) is 0 Å². The van der Waals surface area contributed by atoms with Crippen LogP contribution in [0.25, 0.3) is 0 Å². The molecule has 2 aromatic rings.